The Kier molecular flexibility index (Phi) is 9.25. The fourth-order valence-corrected chi connectivity index (χ4v) is 13.0. The largest absolute Gasteiger partial charge is 0.491 e. The summed E-state index contributed by atoms with van der Waals surface area (Å²) in [6.07, 6.45) is 0. The Morgan fingerprint density at radius 1 is 0.301 bits per heavy atom. The summed E-state index contributed by atoms with van der Waals surface area (Å²) in [5, 5.41) is 38.6. The Labute approximate surface area is 421 Å². The molecule has 15 rings (SSSR count). The molecule has 0 bridgehead atoms. The monoisotopic (exact) mass is 938 g/mol. The first kappa shape index (κ1) is 41.9. The number of benzene rings is 14. The number of fused-ring (bicyclic) bond motifs is 5. The van der Waals surface area contributed by atoms with E-state index in [0.717, 1.165) is 44.2 Å². The molecule has 0 atom stereocenters. The van der Waals surface area contributed by atoms with E-state index >= 15 is 0 Å². The molecule has 1 aliphatic carbocycles. The van der Waals surface area contributed by atoms with E-state index in [9.17, 15) is 10.2 Å². The maximum atomic E-state index is 9.59. The van der Waals surface area contributed by atoms with Crippen molar-refractivity contribution >= 4 is 86.2 Å². The van der Waals surface area contributed by atoms with E-state index in [1.807, 2.05) is 12.1 Å². The number of ether oxygens (including phenoxy) is 2. The molecule has 73 heavy (non-hydrogen) atoms. The molecule has 0 amide bonds. The van der Waals surface area contributed by atoms with E-state index < -0.39 is 5.41 Å². The van der Waals surface area contributed by atoms with Gasteiger partial charge in [0.15, 0.2) is 0 Å². The van der Waals surface area contributed by atoms with Crippen LogP contribution in [0.25, 0.3) is 120 Å². The third-order valence-electron chi connectivity index (χ3n) is 16.0. The van der Waals surface area contributed by atoms with Gasteiger partial charge in [0, 0.05) is 0 Å². The smallest absolute Gasteiger partial charge is 0.120 e. The van der Waals surface area contributed by atoms with Gasteiger partial charge in [-0.05, 0) is 178 Å². The van der Waals surface area contributed by atoms with Gasteiger partial charge in [-0.3, -0.25) is 0 Å². The lowest BCUT2D eigenvalue weighted by Crippen LogP contribution is -2.28. The van der Waals surface area contributed by atoms with E-state index in [1.54, 1.807) is 0 Å². The first-order valence-corrected chi connectivity index (χ1v) is 25.3. The maximum Gasteiger partial charge on any atom is 0.120 e. The third-order valence-corrected chi connectivity index (χ3v) is 16.0. The fraction of sp³-hybridized carbons (Fsp3) is 0.0725. The van der Waals surface area contributed by atoms with Crippen molar-refractivity contribution in [2.45, 2.75) is 5.41 Å². The van der Waals surface area contributed by atoms with Crippen molar-refractivity contribution in [1.82, 2.24) is 0 Å². The standard InChI is InChI=1S/C69H46O4/c70-33-35-72-53-27-19-47-37-51(25-17-49(47)39-53)69(52-26-18-50-40-54(73-36-34-71)28-20-48(50)38-52)61-11-3-9-57(55-29-21-45-15-13-41-5-1-7-43-23-31-59(55)65(45)63(41)43)67(61)68-58(10-4-12-62(68)69)56-30-22-46-16-14-42-6-2-8-44-24-32-60(56)66(46)64(42)44/h1-32,37-40,70-71H,33-36H2. The van der Waals surface area contributed by atoms with Crippen molar-refractivity contribution in [2.24, 2.45) is 0 Å². The van der Waals surface area contributed by atoms with Gasteiger partial charge in [0.25, 0.3) is 0 Å². The predicted molar refractivity (Wildman–Crippen MR) is 302 cm³/mol. The van der Waals surface area contributed by atoms with Crippen molar-refractivity contribution < 1.29 is 19.7 Å². The predicted octanol–water partition coefficient (Wildman–Crippen LogP) is 16.2. The molecule has 2 N–H and O–H groups in total. The summed E-state index contributed by atoms with van der Waals surface area (Å²) < 4.78 is 11.8. The van der Waals surface area contributed by atoms with Crippen LogP contribution in [-0.4, -0.2) is 36.6 Å². The first-order chi connectivity index (χ1) is 36.1. The van der Waals surface area contributed by atoms with Gasteiger partial charge in [-0.1, -0.05) is 182 Å². The molecule has 1 aliphatic rings. The van der Waals surface area contributed by atoms with Gasteiger partial charge in [0.1, 0.15) is 24.7 Å². The minimum Gasteiger partial charge on any atom is -0.491 e. The van der Waals surface area contributed by atoms with Crippen LogP contribution in [0.5, 0.6) is 11.5 Å². The molecule has 0 saturated heterocycles. The Morgan fingerprint density at radius 2 is 0.658 bits per heavy atom. The lowest BCUT2D eigenvalue weighted by Gasteiger charge is -2.34. The summed E-state index contributed by atoms with van der Waals surface area (Å²) in [5.74, 6) is 1.46. The summed E-state index contributed by atoms with van der Waals surface area (Å²) in [5.41, 5.74) is 11.2. The van der Waals surface area contributed by atoms with Crippen LogP contribution in [-0.2, 0) is 5.41 Å². The second-order valence-corrected chi connectivity index (χ2v) is 19.7. The minimum atomic E-state index is -0.787. The first-order valence-electron chi connectivity index (χ1n) is 25.3. The van der Waals surface area contributed by atoms with Crippen LogP contribution in [0.1, 0.15) is 22.3 Å². The SMILES string of the molecule is OCCOc1ccc2cc(C3(c4ccc5cc(OCCO)ccc5c4)c4cccc(-c5ccc6ccc7cccc8ccc5c6c78)c4-c4c(-c5ccc6ccc7cccc8ccc5c6c78)cccc43)ccc2c1. The molecule has 14 aromatic carbocycles. The van der Waals surface area contributed by atoms with Gasteiger partial charge < -0.3 is 19.7 Å². The number of aliphatic hydroxyl groups excluding tert-OH is 2. The van der Waals surface area contributed by atoms with Crippen molar-refractivity contribution in [1.29, 1.82) is 0 Å². The quantitative estimate of drug-likeness (QED) is 0.134. The summed E-state index contributed by atoms with van der Waals surface area (Å²) in [7, 11) is 0. The zero-order valence-electron chi connectivity index (χ0n) is 39.8. The van der Waals surface area contributed by atoms with E-state index in [-0.39, 0.29) is 26.4 Å². The molecule has 4 heteroatoms. The van der Waals surface area contributed by atoms with Crippen LogP contribution in [0.3, 0.4) is 0 Å². The van der Waals surface area contributed by atoms with Gasteiger partial charge in [0.2, 0.25) is 0 Å². The van der Waals surface area contributed by atoms with Crippen LogP contribution in [0.4, 0.5) is 0 Å². The Hall–Kier alpha value is -8.80. The summed E-state index contributed by atoms with van der Waals surface area (Å²) >= 11 is 0. The number of rotatable bonds is 10. The zero-order valence-corrected chi connectivity index (χ0v) is 39.8. The van der Waals surface area contributed by atoms with Crippen molar-refractivity contribution in [3.63, 3.8) is 0 Å². The van der Waals surface area contributed by atoms with Crippen molar-refractivity contribution in [2.75, 3.05) is 26.4 Å². The van der Waals surface area contributed by atoms with Crippen LogP contribution >= 0.6 is 0 Å². The van der Waals surface area contributed by atoms with Gasteiger partial charge >= 0.3 is 0 Å². The van der Waals surface area contributed by atoms with E-state index in [1.165, 1.54) is 109 Å². The topological polar surface area (TPSA) is 58.9 Å². The average Bonchev–Trinajstić information content (AvgIpc) is 3.79. The summed E-state index contributed by atoms with van der Waals surface area (Å²) in [6, 6.07) is 81.4. The molecule has 0 spiro atoms. The second-order valence-electron chi connectivity index (χ2n) is 19.7. The maximum absolute atomic E-state index is 9.59. The normalized spacial score (nSPS) is 13.1. The molecule has 0 heterocycles. The van der Waals surface area contributed by atoms with E-state index in [0.29, 0.717) is 0 Å². The highest BCUT2D eigenvalue weighted by atomic mass is 16.5. The Morgan fingerprint density at radius 3 is 1.10 bits per heavy atom. The van der Waals surface area contributed by atoms with Crippen LogP contribution in [0, 0.1) is 0 Å². The van der Waals surface area contributed by atoms with E-state index in [2.05, 4.69) is 206 Å². The van der Waals surface area contributed by atoms with Crippen molar-refractivity contribution in [3.8, 4) is 44.9 Å². The highest BCUT2D eigenvalue weighted by molar-refractivity contribution is 6.28. The van der Waals surface area contributed by atoms with E-state index in [4.69, 9.17) is 9.47 Å². The number of hydrogen-bond donors (Lipinski definition) is 2. The molecule has 0 saturated carbocycles. The van der Waals surface area contributed by atoms with Gasteiger partial charge in [-0.2, -0.15) is 0 Å². The number of hydrogen-bond acceptors (Lipinski definition) is 4. The van der Waals surface area contributed by atoms with Crippen LogP contribution in [0.2, 0.25) is 0 Å². The molecule has 0 radical (unpaired) electrons. The molecule has 4 nitrogen and oxygen atoms in total. The molecule has 0 fully saturated rings. The van der Waals surface area contributed by atoms with Gasteiger partial charge in [-0.25, -0.2) is 0 Å². The molecule has 0 aromatic heterocycles. The third kappa shape index (κ3) is 6.09. The minimum absolute atomic E-state index is 0.0473. The molecule has 0 aliphatic heterocycles. The lowest BCUT2D eigenvalue weighted by molar-refractivity contribution is 0.201. The van der Waals surface area contributed by atoms with Crippen LogP contribution < -0.4 is 9.47 Å². The summed E-state index contributed by atoms with van der Waals surface area (Å²) in [6.45, 7) is 0.378. The second kappa shape index (κ2) is 16.1. The Bertz CT molecular complexity index is 4230. The molecule has 346 valence electrons. The Balaban J connectivity index is 1.08. The average molecular weight is 939 g/mol. The zero-order chi connectivity index (χ0) is 48.4. The highest BCUT2D eigenvalue weighted by Gasteiger charge is 2.48. The summed E-state index contributed by atoms with van der Waals surface area (Å²) in [4.78, 5) is 0. The fourth-order valence-electron chi connectivity index (χ4n) is 13.0. The van der Waals surface area contributed by atoms with Gasteiger partial charge in [0.05, 0.1) is 18.6 Å². The molecule has 0 unspecified atom stereocenters. The van der Waals surface area contributed by atoms with Gasteiger partial charge in [-0.15, -0.1) is 0 Å². The highest BCUT2D eigenvalue weighted by Crippen LogP contribution is 2.62. The lowest BCUT2D eigenvalue weighted by atomic mass is 9.67. The van der Waals surface area contributed by atoms with Crippen LogP contribution in [0.15, 0.2) is 218 Å². The number of aliphatic hydroxyl groups is 2. The molecular weight excluding hydrogens is 893 g/mol. The molecular formula is C69H46O4. The molecule has 14 aromatic rings. The van der Waals surface area contributed by atoms with Crippen molar-refractivity contribution in [3.05, 3.63) is 241 Å².